The van der Waals surface area contributed by atoms with Gasteiger partial charge in [0.2, 0.25) is 17.7 Å². The monoisotopic (exact) mass is 304 g/mol. The third kappa shape index (κ3) is 2.75. The van der Waals surface area contributed by atoms with Gasteiger partial charge < -0.3 is 5.32 Å². The van der Waals surface area contributed by atoms with E-state index in [2.05, 4.69) is 10.4 Å². The third-order valence-electron chi connectivity index (χ3n) is 4.48. The normalized spacial score (nSPS) is 24.5. The van der Waals surface area contributed by atoms with Crippen LogP contribution in [0.5, 0.6) is 0 Å². The molecule has 1 aromatic rings. The number of nitrogens with zero attached hydrogens (tertiary/aromatic N) is 3. The van der Waals surface area contributed by atoms with Crippen LogP contribution in [-0.4, -0.2) is 38.9 Å². The number of anilines is 1. The van der Waals surface area contributed by atoms with E-state index in [0.29, 0.717) is 5.82 Å². The van der Waals surface area contributed by atoms with Gasteiger partial charge in [0.1, 0.15) is 0 Å². The fraction of sp³-hybridized carbons (Fsp3) is 0.600. The van der Waals surface area contributed by atoms with Gasteiger partial charge in [-0.05, 0) is 12.8 Å². The van der Waals surface area contributed by atoms with E-state index in [1.165, 1.54) is 4.90 Å². The summed E-state index contributed by atoms with van der Waals surface area (Å²) in [5, 5.41) is 6.72. The van der Waals surface area contributed by atoms with Crippen LogP contribution in [0.3, 0.4) is 0 Å². The highest BCUT2D eigenvalue weighted by Gasteiger charge is 2.47. The summed E-state index contributed by atoms with van der Waals surface area (Å²) >= 11 is 0. The summed E-state index contributed by atoms with van der Waals surface area (Å²) in [5.74, 6) is -0.268. The molecule has 7 nitrogen and oxygen atoms in total. The number of hydrogen-bond donors (Lipinski definition) is 1. The van der Waals surface area contributed by atoms with Gasteiger partial charge in [-0.1, -0.05) is 12.8 Å². The van der Waals surface area contributed by atoms with Gasteiger partial charge >= 0.3 is 0 Å². The van der Waals surface area contributed by atoms with Gasteiger partial charge in [-0.3, -0.25) is 24.0 Å². The molecule has 1 aromatic heterocycles. The Bertz CT molecular complexity index is 586. The Morgan fingerprint density at radius 2 is 1.91 bits per heavy atom. The second-order valence-electron chi connectivity index (χ2n) is 6.00. The molecule has 2 atom stereocenters. The molecule has 1 saturated carbocycles. The third-order valence-corrected chi connectivity index (χ3v) is 4.48. The molecule has 0 aromatic carbocycles. The van der Waals surface area contributed by atoms with Crippen molar-refractivity contribution in [1.29, 1.82) is 0 Å². The molecule has 2 fully saturated rings. The maximum Gasteiger partial charge on any atom is 0.233 e. The molecule has 118 valence electrons. The topological polar surface area (TPSA) is 84.3 Å². The second-order valence-corrected chi connectivity index (χ2v) is 6.00. The lowest BCUT2D eigenvalue weighted by atomic mass is 9.81. The van der Waals surface area contributed by atoms with Gasteiger partial charge in [-0.25, -0.2) is 0 Å². The molecule has 2 aliphatic rings. The first kappa shape index (κ1) is 14.7. The van der Waals surface area contributed by atoms with Crippen LogP contribution in [0, 0.1) is 11.8 Å². The molecule has 2 heterocycles. The number of aryl methyl sites for hydroxylation is 1. The van der Waals surface area contributed by atoms with E-state index in [-0.39, 0.29) is 42.5 Å². The summed E-state index contributed by atoms with van der Waals surface area (Å²) in [6, 6.07) is 1.69. The second kappa shape index (κ2) is 5.90. The quantitative estimate of drug-likeness (QED) is 0.838. The molecule has 1 aliphatic heterocycles. The SMILES string of the molecule is Cn1ccc(NC(=O)CCN2C(=O)C3CCCCC3C2=O)n1. The first-order valence-electron chi connectivity index (χ1n) is 7.71. The summed E-state index contributed by atoms with van der Waals surface area (Å²) in [4.78, 5) is 37.7. The van der Waals surface area contributed by atoms with Gasteiger partial charge in [0.05, 0.1) is 11.8 Å². The molecule has 3 amide bonds. The molecule has 1 N–H and O–H groups in total. The van der Waals surface area contributed by atoms with Crippen LogP contribution in [0.2, 0.25) is 0 Å². The fourth-order valence-corrected chi connectivity index (χ4v) is 3.35. The lowest BCUT2D eigenvalue weighted by Gasteiger charge is -2.19. The number of hydrogen-bond acceptors (Lipinski definition) is 4. The lowest BCUT2D eigenvalue weighted by molar-refractivity contribution is -0.140. The van der Waals surface area contributed by atoms with Crippen molar-refractivity contribution in [3.05, 3.63) is 12.3 Å². The van der Waals surface area contributed by atoms with Crippen LogP contribution in [0.4, 0.5) is 5.82 Å². The molecule has 3 rings (SSSR count). The zero-order chi connectivity index (χ0) is 15.7. The number of imide groups is 1. The largest absolute Gasteiger partial charge is 0.309 e. The van der Waals surface area contributed by atoms with Gasteiger partial charge in [-0.2, -0.15) is 5.10 Å². The van der Waals surface area contributed by atoms with Gasteiger partial charge in [0.15, 0.2) is 5.82 Å². The van der Waals surface area contributed by atoms with E-state index in [4.69, 9.17) is 0 Å². The minimum absolute atomic E-state index is 0.0969. The molecule has 7 heteroatoms. The number of fused-ring (bicyclic) bond motifs is 1. The van der Waals surface area contributed by atoms with Crippen molar-refractivity contribution in [2.45, 2.75) is 32.1 Å². The fourth-order valence-electron chi connectivity index (χ4n) is 3.35. The van der Waals surface area contributed by atoms with E-state index in [0.717, 1.165) is 25.7 Å². The Labute approximate surface area is 128 Å². The Morgan fingerprint density at radius 1 is 1.27 bits per heavy atom. The zero-order valence-electron chi connectivity index (χ0n) is 12.6. The minimum atomic E-state index is -0.242. The molecule has 0 radical (unpaired) electrons. The van der Waals surface area contributed by atoms with Crippen molar-refractivity contribution in [3.63, 3.8) is 0 Å². The molecular weight excluding hydrogens is 284 g/mol. The Hall–Kier alpha value is -2.18. The van der Waals surface area contributed by atoms with E-state index < -0.39 is 0 Å². The van der Waals surface area contributed by atoms with Crippen molar-refractivity contribution in [2.75, 3.05) is 11.9 Å². The average molecular weight is 304 g/mol. The highest BCUT2D eigenvalue weighted by molar-refractivity contribution is 6.05. The standard InChI is InChI=1S/C15H20N4O3/c1-18-8-6-12(17-18)16-13(20)7-9-19-14(21)10-4-2-3-5-11(10)15(19)22/h6,8,10-11H,2-5,7,9H2,1H3,(H,16,17,20). The maximum atomic E-state index is 12.3. The Kier molecular flexibility index (Phi) is 3.96. The van der Waals surface area contributed by atoms with Crippen LogP contribution in [-0.2, 0) is 21.4 Å². The molecular formula is C15H20N4O3. The smallest absolute Gasteiger partial charge is 0.233 e. The average Bonchev–Trinajstić information content (AvgIpc) is 3.01. The number of carbonyl (C=O) groups excluding carboxylic acids is 3. The van der Waals surface area contributed by atoms with E-state index in [1.807, 2.05) is 0 Å². The number of rotatable bonds is 4. The lowest BCUT2D eigenvalue weighted by Crippen LogP contribution is -2.34. The number of likely N-dealkylation sites (tertiary alicyclic amines) is 1. The van der Waals surface area contributed by atoms with Crippen molar-refractivity contribution in [2.24, 2.45) is 18.9 Å². The molecule has 0 bridgehead atoms. The maximum absolute atomic E-state index is 12.3. The number of nitrogens with one attached hydrogen (secondary N) is 1. The van der Waals surface area contributed by atoms with Gasteiger partial charge in [-0.15, -0.1) is 0 Å². The minimum Gasteiger partial charge on any atom is -0.309 e. The van der Waals surface area contributed by atoms with E-state index >= 15 is 0 Å². The Morgan fingerprint density at radius 3 is 2.45 bits per heavy atom. The van der Waals surface area contributed by atoms with E-state index in [9.17, 15) is 14.4 Å². The van der Waals surface area contributed by atoms with Crippen LogP contribution in [0.25, 0.3) is 0 Å². The number of carbonyl (C=O) groups is 3. The van der Waals surface area contributed by atoms with Crippen molar-refractivity contribution in [3.8, 4) is 0 Å². The van der Waals surface area contributed by atoms with Gasteiger partial charge in [0.25, 0.3) is 0 Å². The number of amides is 3. The summed E-state index contributed by atoms with van der Waals surface area (Å²) in [6.07, 6.45) is 5.45. The van der Waals surface area contributed by atoms with Crippen molar-refractivity contribution < 1.29 is 14.4 Å². The zero-order valence-corrected chi connectivity index (χ0v) is 12.6. The molecule has 1 saturated heterocycles. The van der Waals surface area contributed by atoms with Crippen LogP contribution in [0.1, 0.15) is 32.1 Å². The highest BCUT2D eigenvalue weighted by Crippen LogP contribution is 2.37. The first-order valence-corrected chi connectivity index (χ1v) is 7.71. The molecule has 2 unspecified atom stereocenters. The van der Waals surface area contributed by atoms with Crippen LogP contribution >= 0.6 is 0 Å². The van der Waals surface area contributed by atoms with Crippen molar-refractivity contribution in [1.82, 2.24) is 14.7 Å². The summed E-state index contributed by atoms with van der Waals surface area (Å²) in [6.45, 7) is 0.156. The first-order chi connectivity index (χ1) is 10.6. The predicted molar refractivity (Wildman–Crippen MR) is 78.6 cm³/mol. The summed E-state index contributed by atoms with van der Waals surface area (Å²) in [7, 11) is 1.76. The number of aromatic nitrogens is 2. The van der Waals surface area contributed by atoms with Crippen molar-refractivity contribution >= 4 is 23.5 Å². The van der Waals surface area contributed by atoms with E-state index in [1.54, 1.807) is 24.0 Å². The molecule has 1 aliphatic carbocycles. The predicted octanol–water partition coefficient (Wildman–Crippen LogP) is 0.924. The molecule has 0 spiro atoms. The van der Waals surface area contributed by atoms with Gasteiger partial charge in [0, 0.05) is 32.3 Å². The highest BCUT2D eigenvalue weighted by atomic mass is 16.2. The summed E-state index contributed by atoms with van der Waals surface area (Å²) in [5.41, 5.74) is 0. The Balaban J connectivity index is 1.55. The molecule has 22 heavy (non-hydrogen) atoms. The summed E-state index contributed by atoms with van der Waals surface area (Å²) < 4.78 is 1.59. The van der Waals surface area contributed by atoms with Crippen LogP contribution in [0.15, 0.2) is 12.3 Å². The van der Waals surface area contributed by atoms with Crippen LogP contribution < -0.4 is 5.32 Å².